The molecule has 2 unspecified atom stereocenters. The van der Waals surface area contributed by atoms with E-state index >= 15 is 0 Å². The summed E-state index contributed by atoms with van der Waals surface area (Å²) in [7, 11) is 0. The lowest BCUT2D eigenvalue weighted by Gasteiger charge is -2.35. The van der Waals surface area contributed by atoms with E-state index < -0.39 is 5.97 Å². The molecule has 172 valence electrons. The second-order valence-electron chi connectivity index (χ2n) is 9.09. The van der Waals surface area contributed by atoms with E-state index in [0.717, 1.165) is 24.8 Å². The molecule has 0 spiro atoms. The molecule has 4 atom stereocenters. The normalized spacial score (nSPS) is 25.8. The van der Waals surface area contributed by atoms with Crippen molar-refractivity contribution < 1.29 is 19.4 Å². The van der Waals surface area contributed by atoms with Crippen LogP contribution in [-0.4, -0.2) is 30.4 Å². The molecule has 4 heteroatoms. The van der Waals surface area contributed by atoms with Gasteiger partial charge in [0.1, 0.15) is 0 Å². The standard InChI is InChI=1S/C29H32O4/c30-28(31)16-10-2-1-9-15-26-25(21-32-20-24-13-7-4-8-14-24)27-19-29(26,22-33-27)18-17-23-11-5-3-6-12-23/h1,3-9,11-14,25-27H,2,10,15-16,19-22H2,(H,30,31)/b9-1+/t25-,26-,27?,29?/m1/s1. The van der Waals surface area contributed by atoms with Gasteiger partial charge in [-0.3, -0.25) is 4.79 Å². The van der Waals surface area contributed by atoms with Crippen LogP contribution in [-0.2, 0) is 20.9 Å². The summed E-state index contributed by atoms with van der Waals surface area (Å²) in [5.41, 5.74) is 2.05. The number of allylic oxidation sites excluding steroid dienone is 2. The van der Waals surface area contributed by atoms with Crippen molar-refractivity contribution in [2.45, 2.75) is 44.8 Å². The number of rotatable bonds is 10. The Kier molecular flexibility index (Phi) is 7.99. The number of aliphatic carboxylic acids is 1. The third-order valence-electron chi connectivity index (χ3n) is 6.79. The van der Waals surface area contributed by atoms with Gasteiger partial charge in [-0.25, -0.2) is 0 Å². The lowest BCUT2D eigenvalue weighted by molar-refractivity contribution is -0.137. The molecule has 33 heavy (non-hydrogen) atoms. The molecule has 0 amide bonds. The minimum atomic E-state index is -0.737. The Hall–Kier alpha value is -2.87. The maximum absolute atomic E-state index is 10.7. The molecule has 0 aromatic heterocycles. The van der Waals surface area contributed by atoms with Crippen molar-refractivity contribution in [3.05, 3.63) is 83.9 Å². The number of benzene rings is 2. The van der Waals surface area contributed by atoms with E-state index in [0.29, 0.717) is 38.1 Å². The van der Waals surface area contributed by atoms with Crippen LogP contribution >= 0.6 is 0 Å². The molecule has 2 fully saturated rings. The first-order chi connectivity index (χ1) is 16.2. The molecule has 2 bridgehead atoms. The third-order valence-corrected chi connectivity index (χ3v) is 6.79. The predicted molar refractivity (Wildman–Crippen MR) is 128 cm³/mol. The van der Waals surface area contributed by atoms with Crippen LogP contribution in [0.15, 0.2) is 72.8 Å². The van der Waals surface area contributed by atoms with Crippen LogP contribution in [0.25, 0.3) is 0 Å². The van der Waals surface area contributed by atoms with E-state index in [1.807, 2.05) is 48.5 Å². The summed E-state index contributed by atoms with van der Waals surface area (Å²) in [6.07, 6.45) is 8.04. The van der Waals surface area contributed by atoms with Crippen molar-refractivity contribution in [3.63, 3.8) is 0 Å². The summed E-state index contributed by atoms with van der Waals surface area (Å²) < 4.78 is 12.3. The zero-order chi connectivity index (χ0) is 22.9. The van der Waals surface area contributed by atoms with Crippen molar-refractivity contribution in [3.8, 4) is 11.8 Å². The van der Waals surface area contributed by atoms with E-state index in [-0.39, 0.29) is 17.9 Å². The summed E-state index contributed by atoms with van der Waals surface area (Å²) in [6, 6.07) is 20.4. The van der Waals surface area contributed by atoms with Gasteiger partial charge in [-0.2, -0.15) is 0 Å². The zero-order valence-corrected chi connectivity index (χ0v) is 19.0. The molecular weight excluding hydrogens is 412 g/mol. The SMILES string of the molecule is O=C(O)CCC/C=C/C[C@@H]1[C@@H](COCc2ccccc2)C2CC1(C#Cc1ccccc1)CO2. The van der Waals surface area contributed by atoms with Crippen LogP contribution in [0.3, 0.4) is 0 Å². The van der Waals surface area contributed by atoms with Crippen molar-refractivity contribution in [2.24, 2.45) is 17.3 Å². The molecular formula is C29H32O4. The molecule has 1 saturated carbocycles. The lowest BCUT2D eigenvalue weighted by atomic mass is 9.74. The Bertz CT molecular complexity index is 989. The van der Waals surface area contributed by atoms with Gasteiger partial charge in [0, 0.05) is 17.9 Å². The van der Waals surface area contributed by atoms with Gasteiger partial charge in [-0.1, -0.05) is 72.5 Å². The number of carboxylic acids is 1. The Morgan fingerprint density at radius 2 is 1.88 bits per heavy atom. The highest BCUT2D eigenvalue weighted by Gasteiger charge is 2.57. The van der Waals surface area contributed by atoms with E-state index in [1.54, 1.807) is 0 Å². The highest BCUT2D eigenvalue weighted by Crippen LogP contribution is 2.55. The van der Waals surface area contributed by atoms with Gasteiger partial charge in [0.05, 0.1) is 31.3 Å². The average molecular weight is 445 g/mol. The average Bonchev–Trinajstić information content (AvgIpc) is 3.38. The summed E-state index contributed by atoms with van der Waals surface area (Å²) in [5, 5.41) is 8.83. The Morgan fingerprint density at radius 3 is 2.64 bits per heavy atom. The van der Waals surface area contributed by atoms with Gasteiger partial charge in [0.25, 0.3) is 0 Å². The number of hydrogen-bond donors (Lipinski definition) is 1. The first kappa shape index (κ1) is 23.3. The molecule has 2 aliphatic rings. The van der Waals surface area contributed by atoms with Gasteiger partial charge in [0.15, 0.2) is 0 Å². The summed E-state index contributed by atoms with van der Waals surface area (Å²) in [6.45, 7) is 1.93. The molecule has 4 nitrogen and oxygen atoms in total. The quantitative estimate of drug-likeness (QED) is 0.300. The topological polar surface area (TPSA) is 55.8 Å². The number of hydrogen-bond acceptors (Lipinski definition) is 3. The molecule has 0 radical (unpaired) electrons. The van der Waals surface area contributed by atoms with Crippen LogP contribution in [0.2, 0.25) is 0 Å². The third kappa shape index (κ3) is 6.13. The van der Waals surface area contributed by atoms with Crippen molar-refractivity contribution in [2.75, 3.05) is 13.2 Å². The highest BCUT2D eigenvalue weighted by molar-refractivity contribution is 5.66. The van der Waals surface area contributed by atoms with E-state index in [1.165, 1.54) is 5.56 Å². The lowest BCUT2D eigenvalue weighted by Crippen LogP contribution is -2.37. The van der Waals surface area contributed by atoms with Gasteiger partial charge in [-0.05, 0) is 49.3 Å². The molecule has 2 aromatic rings. The van der Waals surface area contributed by atoms with E-state index in [4.69, 9.17) is 14.6 Å². The number of carbonyl (C=O) groups is 1. The van der Waals surface area contributed by atoms with Crippen LogP contribution in [0.4, 0.5) is 0 Å². The van der Waals surface area contributed by atoms with Gasteiger partial charge < -0.3 is 14.6 Å². The second kappa shape index (κ2) is 11.3. The first-order valence-corrected chi connectivity index (χ1v) is 11.8. The summed E-state index contributed by atoms with van der Waals surface area (Å²) in [4.78, 5) is 10.7. The summed E-state index contributed by atoms with van der Waals surface area (Å²) >= 11 is 0. The fraction of sp³-hybridized carbons (Fsp3) is 0.414. The van der Waals surface area contributed by atoms with Crippen LogP contribution in [0.5, 0.6) is 0 Å². The number of carboxylic acid groups (broad SMARTS) is 1. The fourth-order valence-electron chi connectivity index (χ4n) is 5.08. The van der Waals surface area contributed by atoms with Gasteiger partial charge >= 0.3 is 5.97 Å². The minimum Gasteiger partial charge on any atom is -0.481 e. The number of ether oxygens (including phenoxy) is 2. The van der Waals surface area contributed by atoms with Gasteiger partial charge in [-0.15, -0.1) is 0 Å². The highest BCUT2D eigenvalue weighted by atomic mass is 16.5. The van der Waals surface area contributed by atoms with Gasteiger partial charge in [0.2, 0.25) is 0 Å². The molecule has 4 rings (SSSR count). The van der Waals surface area contributed by atoms with Crippen molar-refractivity contribution in [1.29, 1.82) is 0 Å². The molecule has 2 aromatic carbocycles. The van der Waals surface area contributed by atoms with Crippen LogP contribution in [0.1, 0.15) is 43.2 Å². The van der Waals surface area contributed by atoms with Crippen LogP contribution in [0, 0.1) is 29.1 Å². The van der Waals surface area contributed by atoms with E-state index in [2.05, 4.69) is 36.1 Å². The zero-order valence-electron chi connectivity index (χ0n) is 19.0. The Morgan fingerprint density at radius 1 is 1.12 bits per heavy atom. The molecule has 1 aliphatic carbocycles. The minimum absolute atomic E-state index is 0.160. The van der Waals surface area contributed by atoms with Crippen molar-refractivity contribution in [1.82, 2.24) is 0 Å². The number of fused-ring (bicyclic) bond motifs is 2. The molecule has 1 saturated heterocycles. The molecule has 1 heterocycles. The van der Waals surface area contributed by atoms with E-state index in [9.17, 15) is 4.79 Å². The van der Waals surface area contributed by atoms with Crippen molar-refractivity contribution >= 4 is 5.97 Å². The number of unbranched alkanes of at least 4 members (excludes halogenated alkanes) is 1. The molecule has 1 N–H and O–H groups in total. The Balaban J connectivity index is 1.44. The maximum Gasteiger partial charge on any atom is 0.303 e. The monoisotopic (exact) mass is 444 g/mol. The Labute approximate surface area is 196 Å². The predicted octanol–water partition coefficient (Wildman–Crippen LogP) is 5.48. The largest absolute Gasteiger partial charge is 0.481 e. The maximum atomic E-state index is 10.7. The summed E-state index contributed by atoms with van der Waals surface area (Å²) in [5.74, 6) is 6.94. The molecule has 1 aliphatic heterocycles. The first-order valence-electron chi connectivity index (χ1n) is 11.8. The van der Waals surface area contributed by atoms with Crippen LogP contribution < -0.4 is 0 Å². The fourth-order valence-corrected chi connectivity index (χ4v) is 5.08. The second-order valence-corrected chi connectivity index (χ2v) is 9.09. The smallest absolute Gasteiger partial charge is 0.303 e.